The van der Waals surface area contributed by atoms with Gasteiger partial charge in [-0.05, 0) is 35.9 Å². The molecule has 1 N–H and O–H groups in total. The summed E-state index contributed by atoms with van der Waals surface area (Å²) < 4.78 is 5.36. The number of amides is 1. The molecule has 1 amide bonds. The van der Waals surface area contributed by atoms with Gasteiger partial charge in [0.1, 0.15) is 0 Å². The van der Waals surface area contributed by atoms with Crippen molar-refractivity contribution < 1.29 is 9.53 Å². The Balaban J connectivity index is 1.70. The number of ether oxygens (including phenoxy) is 1. The number of rotatable bonds is 4. The number of hydrogen-bond acceptors (Lipinski definition) is 4. The maximum atomic E-state index is 12.2. The van der Waals surface area contributed by atoms with E-state index in [1.54, 1.807) is 30.5 Å². The molecule has 1 aliphatic heterocycles. The number of morpholine rings is 1. The van der Waals surface area contributed by atoms with Crippen molar-refractivity contribution in [3.63, 3.8) is 0 Å². The van der Waals surface area contributed by atoms with Crippen LogP contribution in [0, 0.1) is 0 Å². The number of nitrogens with one attached hydrogen (secondary N) is 1. The summed E-state index contributed by atoms with van der Waals surface area (Å²) in [5, 5.41) is 3.53. The lowest BCUT2D eigenvalue weighted by molar-refractivity contribution is -0.111. The molecule has 0 unspecified atom stereocenters. The van der Waals surface area contributed by atoms with E-state index in [-0.39, 0.29) is 5.91 Å². The van der Waals surface area contributed by atoms with Crippen LogP contribution in [0.5, 0.6) is 0 Å². The first-order chi connectivity index (χ1) is 11.7. The van der Waals surface area contributed by atoms with Gasteiger partial charge in [0.25, 0.3) is 0 Å². The van der Waals surface area contributed by atoms with Crippen LogP contribution in [0.1, 0.15) is 5.56 Å². The van der Waals surface area contributed by atoms with E-state index in [4.69, 9.17) is 16.3 Å². The van der Waals surface area contributed by atoms with Crippen LogP contribution >= 0.6 is 11.6 Å². The molecule has 124 valence electrons. The van der Waals surface area contributed by atoms with Gasteiger partial charge in [0.15, 0.2) is 5.82 Å². The lowest BCUT2D eigenvalue weighted by atomic mass is 10.2. The number of anilines is 2. The van der Waals surface area contributed by atoms with Gasteiger partial charge in [-0.3, -0.25) is 4.79 Å². The quantitative estimate of drug-likeness (QED) is 0.866. The molecule has 2 heterocycles. The second kappa shape index (κ2) is 7.95. The average Bonchev–Trinajstić information content (AvgIpc) is 2.61. The van der Waals surface area contributed by atoms with Crippen LogP contribution in [0.25, 0.3) is 6.08 Å². The zero-order chi connectivity index (χ0) is 16.8. The highest BCUT2D eigenvalue weighted by Crippen LogP contribution is 2.23. The Morgan fingerprint density at radius 3 is 2.88 bits per heavy atom. The summed E-state index contributed by atoms with van der Waals surface area (Å²) in [6.45, 7) is 2.85. The van der Waals surface area contributed by atoms with Crippen molar-refractivity contribution in [2.45, 2.75) is 0 Å². The molecule has 1 saturated heterocycles. The first-order valence-corrected chi connectivity index (χ1v) is 8.12. The molecule has 2 aromatic rings. The number of benzene rings is 1. The van der Waals surface area contributed by atoms with E-state index in [1.807, 2.05) is 18.2 Å². The van der Waals surface area contributed by atoms with Crippen LogP contribution in [0.3, 0.4) is 0 Å². The smallest absolute Gasteiger partial charge is 0.248 e. The Bertz CT molecular complexity index is 743. The molecule has 0 aliphatic carbocycles. The minimum Gasteiger partial charge on any atom is -0.378 e. The maximum absolute atomic E-state index is 12.2. The van der Waals surface area contributed by atoms with Gasteiger partial charge >= 0.3 is 0 Å². The number of carbonyl (C=O) groups excluding carboxylic acids is 1. The molecule has 5 nitrogen and oxygen atoms in total. The molecule has 0 atom stereocenters. The molecule has 1 aromatic heterocycles. The highest BCUT2D eigenvalue weighted by Gasteiger charge is 2.16. The summed E-state index contributed by atoms with van der Waals surface area (Å²) in [6, 6.07) is 11.0. The number of aromatic nitrogens is 1. The lowest BCUT2D eigenvalue weighted by Gasteiger charge is -2.29. The van der Waals surface area contributed by atoms with Gasteiger partial charge in [-0.25, -0.2) is 4.98 Å². The van der Waals surface area contributed by atoms with Crippen molar-refractivity contribution in [3.8, 4) is 0 Å². The minimum atomic E-state index is -0.211. The van der Waals surface area contributed by atoms with E-state index in [1.165, 1.54) is 6.08 Å². The van der Waals surface area contributed by atoms with Crippen molar-refractivity contribution in [2.75, 3.05) is 36.5 Å². The Kier molecular flexibility index (Phi) is 5.46. The van der Waals surface area contributed by atoms with Crippen LogP contribution in [-0.4, -0.2) is 37.2 Å². The predicted octanol–water partition coefficient (Wildman–Crippen LogP) is 3.22. The lowest BCUT2D eigenvalue weighted by Crippen LogP contribution is -2.37. The number of halogens is 1. The van der Waals surface area contributed by atoms with Gasteiger partial charge in [0, 0.05) is 30.4 Å². The molecule has 1 aliphatic rings. The predicted molar refractivity (Wildman–Crippen MR) is 96.4 cm³/mol. The highest BCUT2D eigenvalue weighted by molar-refractivity contribution is 6.30. The van der Waals surface area contributed by atoms with E-state index < -0.39 is 0 Å². The second-order valence-corrected chi connectivity index (χ2v) is 5.79. The van der Waals surface area contributed by atoms with Crippen LogP contribution in [0.15, 0.2) is 48.7 Å². The Morgan fingerprint density at radius 1 is 1.25 bits per heavy atom. The topological polar surface area (TPSA) is 54.5 Å². The molecule has 0 bridgehead atoms. The van der Waals surface area contributed by atoms with Gasteiger partial charge in [0.05, 0.1) is 18.9 Å². The average molecular weight is 344 g/mol. The zero-order valence-electron chi connectivity index (χ0n) is 13.1. The summed E-state index contributed by atoms with van der Waals surface area (Å²) in [5.41, 5.74) is 1.57. The Hall–Kier alpha value is -2.37. The fourth-order valence-corrected chi connectivity index (χ4v) is 2.68. The summed E-state index contributed by atoms with van der Waals surface area (Å²) >= 11 is 5.94. The van der Waals surface area contributed by atoms with E-state index in [0.717, 1.165) is 24.5 Å². The summed E-state index contributed by atoms with van der Waals surface area (Å²) in [7, 11) is 0. The van der Waals surface area contributed by atoms with E-state index in [0.29, 0.717) is 23.9 Å². The van der Waals surface area contributed by atoms with Gasteiger partial charge in [-0.2, -0.15) is 0 Å². The molecule has 3 rings (SSSR count). The van der Waals surface area contributed by atoms with Gasteiger partial charge in [0.2, 0.25) is 5.91 Å². The molecule has 1 aromatic carbocycles. The van der Waals surface area contributed by atoms with Crippen LogP contribution in [0.2, 0.25) is 5.02 Å². The first kappa shape index (κ1) is 16.5. The molecular weight excluding hydrogens is 326 g/mol. The van der Waals surface area contributed by atoms with Gasteiger partial charge in [-0.1, -0.05) is 23.7 Å². The highest BCUT2D eigenvalue weighted by atomic mass is 35.5. The van der Waals surface area contributed by atoms with E-state index in [2.05, 4.69) is 15.2 Å². The van der Waals surface area contributed by atoms with E-state index >= 15 is 0 Å². The van der Waals surface area contributed by atoms with Crippen molar-refractivity contribution in [3.05, 3.63) is 59.3 Å². The zero-order valence-corrected chi connectivity index (χ0v) is 13.9. The first-order valence-electron chi connectivity index (χ1n) is 7.75. The Labute approximate surface area is 145 Å². The number of carbonyl (C=O) groups is 1. The van der Waals surface area contributed by atoms with Crippen molar-refractivity contribution in [1.82, 2.24) is 4.98 Å². The van der Waals surface area contributed by atoms with Crippen LogP contribution < -0.4 is 10.2 Å². The van der Waals surface area contributed by atoms with Crippen molar-refractivity contribution >= 4 is 35.1 Å². The fraction of sp³-hybridized carbons (Fsp3) is 0.222. The van der Waals surface area contributed by atoms with Crippen LogP contribution in [0.4, 0.5) is 11.5 Å². The molecule has 0 saturated carbocycles. The normalized spacial score (nSPS) is 14.8. The third kappa shape index (κ3) is 4.34. The fourth-order valence-electron chi connectivity index (χ4n) is 2.48. The van der Waals surface area contributed by atoms with Gasteiger partial charge < -0.3 is 15.0 Å². The summed E-state index contributed by atoms with van der Waals surface area (Å²) in [4.78, 5) is 18.7. The number of hydrogen-bond donors (Lipinski definition) is 1. The minimum absolute atomic E-state index is 0.211. The molecule has 24 heavy (non-hydrogen) atoms. The van der Waals surface area contributed by atoms with Crippen molar-refractivity contribution in [2.24, 2.45) is 0 Å². The largest absolute Gasteiger partial charge is 0.378 e. The Morgan fingerprint density at radius 2 is 2.08 bits per heavy atom. The summed E-state index contributed by atoms with van der Waals surface area (Å²) in [5.74, 6) is 0.558. The molecule has 0 radical (unpaired) electrons. The SMILES string of the molecule is O=C(/C=C\c1cccc(Cl)c1)Nc1cccnc1N1CCOCC1. The molecule has 1 fully saturated rings. The summed E-state index contributed by atoms with van der Waals surface area (Å²) in [6.07, 6.45) is 4.94. The van der Waals surface area contributed by atoms with Crippen molar-refractivity contribution in [1.29, 1.82) is 0 Å². The number of pyridine rings is 1. The van der Waals surface area contributed by atoms with Crippen LogP contribution in [-0.2, 0) is 9.53 Å². The third-order valence-corrected chi connectivity index (χ3v) is 3.87. The number of nitrogens with zero attached hydrogens (tertiary/aromatic N) is 2. The molecule has 0 spiro atoms. The second-order valence-electron chi connectivity index (χ2n) is 5.35. The third-order valence-electron chi connectivity index (χ3n) is 3.63. The van der Waals surface area contributed by atoms with E-state index in [9.17, 15) is 4.79 Å². The molecule has 6 heteroatoms. The standard InChI is InChI=1S/C18H18ClN3O2/c19-15-4-1-3-14(13-15)6-7-17(23)21-16-5-2-8-20-18(16)22-9-11-24-12-10-22/h1-8,13H,9-12H2,(H,21,23)/b7-6-. The maximum Gasteiger partial charge on any atom is 0.248 e. The monoisotopic (exact) mass is 343 g/mol. The van der Waals surface area contributed by atoms with Gasteiger partial charge in [-0.15, -0.1) is 0 Å². The molecular formula is C18H18ClN3O2.